The van der Waals surface area contributed by atoms with Crippen LogP contribution in [0.25, 0.3) is 0 Å². The van der Waals surface area contributed by atoms with Gasteiger partial charge in [-0.2, -0.15) is 0 Å². The lowest BCUT2D eigenvalue weighted by molar-refractivity contribution is 0.394. The van der Waals surface area contributed by atoms with Crippen LogP contribution in [0, 0.1) is 5.92 Å². The highest BCUT2D eigenvalue weighted by atomic mass is 32.2. The molecular formula is C10H13NOS. The zero-order valence-electron chi connectivity index (χ0n) is 7.69. The van der Waals surface area contributed by atoms with Crippen LogP contribution in [0.15, 0.2) is 23.2 Å². The third kappa shape index (κ3) is 2.62. The van der Waals surface area contributed by atoms with Gasteiger partial charge in [-0.3, -0.25) is 0 Å². The third-order valence-electron chi connectivity index (χ3n) is 2.07. The summed E-state index contributed by atoms with van der Waals surface area (Å²) in [7, 11) is 1.65. The van der Waals surface area contributed by atoms with Crippen LogP contribution in [0.2, 0.25) is 0 Å². The van der Waals surface area contributed by atoms with Crippen molar-refractivity contribution in [3.63, 3.8) is 0 Å². The molecular weight excluding hydrogens is 182 g/mol. The first-order chi connectivity index (χ1) is 6.38. The van der Waals surface area contributed by atoms with Crippen molar-refractivity contribution >= 4 is 11.8 Å². The fourth-order valence-electron chi connectivity index (χ4n) is 1.08. The summed E-state index contributed by atoms with van der Waals surface area (Å²) in [6.45, 7) is 0. The summed E-state index contributed by atoms with van der Waals surface area (Å²) in [6.07, 6.45) is 2.80. The maximum Gasteiger partial charge on any atom is 0.213 e. The van der Waals surface area contributed by atoms with Gasteiger partial charge in [0.05, 0.1) is 7.11 Å². The first kappa shape index (κ1) is 8.88. The first-order valence-electron chi connectivity index (χ1n) is 4.52. The van der Waals surface area contributed by atoms with Gasteiger partial charge in [0.25, 0.3) is 0 Å². The molecule has 3 heteroatoms. The molecule has 1 aliphatic rings. The lowest BCUT2D eigenvalue weighted by atomic mass is 10.5. The number of aromatic nitrogens is 1. The fraction of sp³-hybridized carbons (Fsp3) is 0.500. The quantitative estimate of drug-likeness (QED) is 0.689. The number of thioether (sulfide) groups is 1. The van der Waals surface area contributed by atoms with Gasteiger partial charge in [-0.25, -0.2) is 4.98 Å². The van der Waals surface area contributed by atoms with Crippen molar-refractivity contribution in [2.45, 2.75) is 17.9 Å². The Morgan fingerprint density at radius 3 is 3.08 bits per heavy atom. The molecule has 1 aliphatic carbocycles. The molecule has 1 aromatic heterocycles. The van der Waals surface area contributed by atoms with Crippen LogP contribution < -0.4 is 4.74 Å². The summed E-state index contributed by atoms with van der Waals surface area (Å²) in [5.74, 6) is 2.86. The molecule has 0 spiro atoms. The molecule has 1 saturated carbocycles. The molecule has 13 heavy (non-hydrogen) atoms. The molecule has 0 radical (unpaired) electrons. The van der Waals surface area contributed by atoms with Crippen molar-refractivity contribution in [2.75, 3.05) is 12.9 Å². The molecule has 0 aromatic carbocycles. The molecule has 0 saturated heterocycles. The van der Waals surface area contributed by atoms with Gasteiger partial charge in [0.2, 0.25) is 5.88 Å². The van der Waals surface area contributed by atoms with Crippen LogP contribution in [0.5, 0.6) is 5.88 Å². The van der Waals surface area contributed by atoms with Gasteiger partial charge < -0.3 is 4.74 Å². The standard InChI is InChI=1S/C10H13NOS/c1-12-9-3-2-4-10(11-9)13-7-8-5-6-8/h2-4,8H,5-7H2,1H3. The smallest absolute Gasteiger partial charge is 0.213 e. The predicted octanol–water partition coefficient (Wildman–Crippen LogP) is 2.59. The Morgan fingerprint density at radius 1 is 1.54 bits per heavy atom. The number of hydrogen-bond acceptors (Lipinski definition) is 3. The molecule has 2 rings (SSSR count). The van der Waals surface area contributed by atoms with Crippen LogP contribution in [0.3, 0.4) is 0 Å². The van der Waals surface area contributed by atoms with E-state index in [1.165, 1.54) is 18.6 Å². The molecule has 70 valence electrons. The first-order valence-corrected chi connectivity index (χ1v) is 5.51. The summed E-state index contributed by atoms with van der Waals surface area (Å²) in [4.78, 5) is 4.33. The molecule has 1 fully saturated rings. The Balaban J connectivity index is 1.93. The zero-order chi connectivity index (χ0) is 9.10. The van der Waals surface area contributed by atoms with E-state index in [1.54, 1.807) is 7.11 Å². The average Bonchev–Trinajstić information content (AvgIpc) is 2.99. The number of methoxy groups -OCH3 is 1. The van der Waals surface area contributed by atoms with E-state index >= 15 is 0 Å². The molecule has 0 atom stereocenters. The van der Waals surface area contributed by atoms with Crippen LogP contribution in [-0.2, 0) is 0 Å². The van der Waals surface area contributed by atoms with Crippen LogP contribution in [-0.4, -0.2) is 17.8 Å². The molecule has 0 N–H and O–H groups in total. The third-order valence-corrected chi connectivity index (χ3v) is 3.23. The minimum atomic E-state index is 0.709. The molecule has 2 nitrogen and oxygen atoms in total. The topological polar surface area (TPSA) is 22.1 Å². The number of hydrogen-bond donors (Lipinski definition) is 0. The Kier molecular flexibility index (Phi) is 2.74. The maximum absolute atomic E-state index is 5.05. The van der Waals surface area contributed by atoms with Gasteiger partial charge in [0.15, 0.2) is 0 Å². The molecule has 1 aromatic rings. The zero-order valence-corrected chi connectivity index (χ0v) is 8.51. The lowest BCUT2D eigenvalue weighted by Gasteiger charge is -2.01. The number of ether oxygens (including phenoxy) is 1. The van der Waals surface area contributed by atoms with E-state index in [9.17, 15) is 0 Å². The van der Waals surface area contributed by atoms with Gasteiger partial charge in [-0.1, -0.05) is 6.07 Å². The SMILES string of the molecule is COc1cccc(SCC2CC2)n1. The normalized spacial score (nSPS) is 15.8. The predicted molar refractivity (Wildman–Crippen MR) is 54.2 cm³/mol. The highest BCUT2D eigenvalue weighted by Gasteiger charge is 2.21. The highest BCUT2D eigenvalue weighted by molar-refractivity contribution is 7.99. The van der Waals surface area contributed by atoms with E-state index in [0.717, 1.165) is 10.9 Å². The van der Waals surface area contributed by atoms with Gasteiger partial charge >= 0.3 is 0 Å². The Morgan fingerprint density at radius 2 is 2.38 bits per heavy atom. The van der Waals surface area contributed by atoms with Gasteiger partial charge in [0, 0.05) is 11.8 Å². The van der Waals surface area contributed by atoms with Crippen molar-refractivity contribution < 1.29 is 4.74 Å². The van der Waals surface area contributed by atoms with Crippen molar-refractivity contribution in [3.8, 4) is 5.88 Å². The molecule has 0 amide bonds. The molecule has 0 unspecified atom stereocenters. The van der Waals surface area contributed by atoms with Crippen molar-refractivity contribution in [1.82, 2.24) is 4.98 Å². The van der Waals surface area contributed by atoms with Crippen LogP contribution in [0.4, 0.5) is 0 Å². The van der Waals surface area contributed by atoms with E-state index in [4.69, 9.17) is 4.74 Å². The van der Waals surface area contributed by atoms with Gasteiger partial charge in [0.1, 0.15) is 5.03 Å². The number of nitrogens with zero attached hydrogens (tertiary/aromatic N) is 1. The monoisotopic (exact) mass is 195 g/mol. The van der Waals surface area contributed by atoms with Gasteiger partial charge in [-0.05, 0) is 24.8 Å². The second kappa shape index (κ2) is 4.01. The minimum Gasteiger partial charge on any atom is -0.481 e. The molecule has 1 heterocycles. The van der Waals surface area contributed by atoms with Crippen LogP contribution in [0.1, 0.15) is 12.8 Å². The summed E-state index contributed by atoms with van der Waals surface area (Å²) in [5, 5.41) is 1.08. The second-order valence-corrected chi connectivity index (χ2v) is 4.31. The Hall–Kier alpha value is -0.700. The lowest BCUT2D eigenvalue weighted by Crippen LogP contribution is -1.89. The number of rotatable bonds is 4. The highest BCUT2D eigenvalue weighted by Crippen LogP contribution is 2.34. The largest absolute Gasteiger partial charge is 0.481 e. The van der Waals surface area contributed by atoms with E-state index < -0.39 is 0 Å². The Bertz CT molecular complexity index is 286. The second-order valence-electron chi connectivity index (χ2n) is 3.27. The summed E-state index contributed by atoms with van der Waals surface area (Å²) in [6, 6.07) is 5.90. The van der Waals surface area contributed by atoms with Crippen molar-refractivity contribution in [1.29, 1.82) is 0 Å². The minimum absolute atomic E-state index is 0.709. The maximum atomic E-state index is 5.05. The Labute approximate surface area is 82.7 Å². The average molecular weight is 195 g/mol. The fourth-order valence-corrected chi connectivity index (χ4v) is 2.15. The van der Waals surface area contributed by atoms with E-state index in [2.05, 4.69) is 4.98 Å². The van der Waals surface area contributed by atoms with E-state index in [0.29, 0.717) is 5.88 Å². The van der Waals surface area contributed by atoms with Crippen molar-refractivity contribution in [3.05, 3.63) is 18.2 Å². The summed E-state index contributed by atoms with van der Waals surface area (Å²) in [5.41, 5.74) is 0. The summed E-state index contributed by atoms with van der Waals surface area (Å²) >= 11 is 1.83. The summed E-state index contributed by atoms with van der Waals surface area (Å²) < 4.78 is 5.05. The van der Waals surface area contributed by atoms with E-state index in [-0.39, 0.29) is 0 Å². The molecule has 0 aliphatic heterocycles. The van der Waals surface area contributed by atoms with Gasteiger partial charge in [-0.15, -0.1) is 11.8 Å². The van der Waals surface area contributed by atoms with Crippen molar-refractivity contribution in [2.24, 2.45) is 5.92 Å². The number of pyridine rings is 1. The van der Waals surface area contributed by atoms with E-state index in [1.807, 2.05) is 30.0 Å². The van der Waals surface area contributed by atoms with Crippen LogP contribution >= 0.6 is 11.8 Å². The molecule has 0 bridgehead atoms.